The number of aliphatic hydroxyl groups excluding tert-OH is 1. The Morgan fingerprint density at radius 3 is 2.50 bits per heavy atom. The van der Waals surface area contributed by atoms with Gasteiger partial charge in [0.15, 0.2) is 6.73 Å². The molecule has 2 aliphatic rings. The maximum Gasteiger partial charge on any atom is 0.417 e. The molecule has 2 aromatic heterocycles. The van der Waals surface area contributed by atoms with Crippen molar-refractivity contribution in [2.45, 2.75) is 79.1 Å². The predicted molar refractivity (Wildman–Crippen MR) is 214 cm³/mol. The van der Waals surface area contributed by atoms with Gasteiger partial charge in [-0.05, 0) is 92.4 Å². The third kappa shape index (κ3) is 7.42. The fraction of sp³-hybridized carbons (Fsp3) is 0.429. The SMILES string of the molecule is CCc1c2c(nc3ccc(OCN(C(=O)OC(CC#N)C(C)(C)CN=[N+]=[N-])c4ccc(C(=O)N(CC)CC)cc4)cc13)-c1cc3c(c(=O)n1C2)COC(=O)C3(C)CO. The number of aromatic nitrogens is 2. The lowest BCUT2D eigenvalue weighted by molar-refractivity contribution is -0.155. The number of cyclic esters (lactones) is 1. The Bertz CT molecular complexity index is 2430. The Morgan fingerprint density at radius 2 is 1.86 bits per heavy atom. The zero-order chi connectivity index (χ0) is 41.9. The topological polar surface area (TPSA) is 213 Å². The van der Waals surface area contributed by atoms with Crippen molar-refractivity contribution in [3.63, 3.8) is 0 Å². The molecule has 16 heteroatoms. The van der Waals surface area contributed by atoms with E-state index < -0.39 is 35.6 Å². The molecule has 16 nitrogen and oxygen atoms in total. The number of carbonyl (C=O) groups is 3. The Hall–Kier alpha value is -6.43. The molecule has 0 fully saturated rings. The largest absolute Gasteiger partial charge is 0.473 e. The highest BCUT2D eigenvalue weighted by molar-refractivity contribution is 5.95. The third-order valence-electron chi connectivity index (χ3n) is 11.2. The highest BCUT2D eigenvalue weighted by Crippen LogP contribution is 2.40. The standard InChI is InChI=1S/C42H46N8O8/c1-7-28-29-18-27(14-15-33(29)46-36-30(28)20-49-34(36)19-32-31(38(49)53)21-56-39(54)42(32,6)23-51)57-24-50(26-12-10-25(11-13-26)37(52)48(8-2)9-3)40(55)58-35(16-17-43)41(4,5)22-45-47-44/h10-15,18-19,35,51H,7-9,16,20-24H2,1-6H3. The van der Waals surface area contributed by atoms with E-state index in [4.69, 9.17) is 24.7 Å². The number of benzene rings is 2. The molecule has 1 N–H and O–H groups in total. The molecule has 0 saturated heterocycles. The van der Waals surface area contributed by atoms with Crippen molar-refractivity contribution in [3.8, 4) is 23.2 Å². The summed E-state index contributed by atoms with van der Waals surface area (Å²) in [6.45, 7) is 11.1. The number of aliphatic hydroxyl groups is 1. The molecule has 4 heterocycles. The smallest absolute Gasteiger partial charge is 0.417 e. The van der Waals surface area contributed by atoms with Crippen LogP contribution in [-0.2, 0) is 39.3 Å². The zero-order valence-corrected chi connectivity index (χ0v) is 33.4. The van der Waals surface area contributed by atoms with Crippen LogP contribution in [0, 0.1) is 16.7 Å². The first kappa shape index (κ1) is 41.2. The maximum absolute atomic E-state index is 14.0. The van der Waals surface area contributed by atoms with Crippen LogP contribution in [0.2, 0.25) is 0 Å². The van der Waals surface area contributed by atoms with Gasteiger partial charge in [0.1, 0.15) is 23.9 Å². The van der Waals surface area contributed by atoms with Gasteiger partial charge in [-0.2, -0.15) is 5.26 Å². The Morgan fingerprint density at radius 1 is 1.14 bits per heavy atom. The molecule has 0 bridgehead atoms. The van der Waals surface area contributed by atoms with Crippen LogP contribution in [0.1, 0.15) is 80.6 Å². The Kier molecular flexibility index (Phi) is 11.8. The van der Waals surface area contributed by atoms with E-state index in [1.54, 1.807) is 72.7 Å². The number of hydrogen-bond acceptors (Lipinski definition) is 11. The number of anilines is 1. The van der Waals surface area contributed by atoms with Gasteiger partial charge in [0, 0.05) is 46.5 Å². The molecule has 58 heavy (non-hydrogen) atoms. The number of pyridine rings is 2. The average molecular weight is 791 g/mol. The second-order valence-corrected chi connectivity index (χ2v) is 15.2. The molecule has 6 rings (SSSR count). The summed E-state index contributed by atoms with van der Waals surface area (Å²) in [7, 11) is 0. The lowest BCUT2D eigenvalue weighted by Crippen LogP contribution is -2.45. The van der Waals surface area contributed by atoms with Crippen molar-refractivity contribution in [1.82, 2.24) is 14.5 Å². The van der Waals surface area contributed by atoms with Crippen molar-refractivity contribution >= 4 is 34.6 Å². The van der Waals surface area contributed by atoms with Gasteiger partial charge in [0.2, 0.25) is 0 Å². The molecule has 2 atom stereocenters. The monoisotopic (exact) mass is 790 g/mol. The van der Waals surface area contributed by atoms with Gasteiger partial charge < -0.3 is 28.8 Å². The molecular weight excluding hydrogens is 745 g/mol. The summed E-state index contributed by atoms with van der Waals surface area (Å²) < 4.78 is 19.1. The fourth-order valence-electron chi connectivity index (χ4n) is 7.52. The average Bonchev–Trinajstić information content (AvgIpc) is 3.59. The van der Waals surface area contributed by atoms with Gasteiger partial charge in [-0.1, -0.05) is 25.9 Å². The number of ether oxygens (including phenoxy) is 3. The summed E-state index contributed by atoms with van der Waals surface area (Å²) in [5.74, 6) is -0.340. The van der Waals surface area contributed by atoms with E-state index in [0.29, 0.717) is 64.5 Å². The van der Waals surface area contributed by atoms with Crippen LogP contribution in [0.25, 0.3) is 32.7 Å². The first-order valence-corrected chi connectivity index (χ1v) is 19.2. The van der Waals surface area contributed by atoms with Crippen molar-refractivity contribution in [1.29, 1.82) is 5.26 Å². The molecule has 0 radical (unpaired) electrons. The van der Waals surface area contributed by atoms with Crippen LogP contribution in [0.5, 0.6) is 5.75 Å². The Labute approximate surface area is 335 Å². The first-order chi connectivity index (χ1) is 27.8. The van der Waals surface area contributed by atoms with Gasteiger partial charge >= 0.3 is 12.1 Å². The number of amides is 2. The van der Waals surface area contributed by atoms with Crippen LogP contribution in [0.15, 0.2) is 58.4 Å². The normalized spacial score (nSPS) is 15.9. The van der Waals surface area contributed by atoms with Gasteiger partial charge in [-0.15, -0.1) is 0 Å². The van der Waals surface area contributed by atoms with E-state index in [9.17, 15) is 29.5 Å². The van der Waals surface area contributed by atoms with E-state index >= 15 is 0 Å². The lowest BCUT2D eigenvalue weighted by atomic mass is 9.79. The molecule has 302 valence electrons. The van der Waals surface area contributed by atoms with Crippen LogP contribution in [0.4, 0.5) is 10.5 Å². The summed E-state index contributed by atoms with van der Waals surface area (Å²) in [5.41, 5.74) is 11.5. The number of esters is 1. The zero-order valence-electron chi connectivity index (χ0n) is 33.4. The number of azide groups is 1. The van der Waals surface area contributed by atoms with Crippen LogP contribution >= 0.6 is 0 Å². The summed E-state index contributed by atoms with van der Waals surface area (Å²) in [6, 6.07) is 15.6. The molecule has 2 aliphatic heterocycles. The second kappa shape index (κ2) is 16.6. The number of hydrogen-bond donors (Lipinski definition) is 1. The first-order valence-electron chi connectivity index (χ1n) is 19.2. The quantitative estimate of drug-likeness (QED) is 0.0431. The van der Waals surface area contributed by atoms with Crippen molar-refractivity contribution < 1.29 is 33.7 Å². The minimum Gasteiger partial charge on any atom is -0.473 e. The minimum atomic E-state index is -1.38. The van der Waals surface area contributed by atoms with E-state index in [0.717, 1.165) is 16.5 Å². The molecule has 0 saturated carbocycles. The number of nitriles is 1. The van der Waals surface area contributed by atoms with E-state index in [2.05, 4.69) is 16.1 Å². The highest BCUT2D eigenvalue weighted by atomic mass is 16.6. The summed E-state index contributed by atoms with van der Waals surface area (Å²) >= 11 is 0. The van der Waals surface area contributed by atoms with Crippen molar-refractivity contribution in [2.24, 2.45) is 10.5 Å². The number of aryl methyl sites for hydroxylation is 1. The van der Waals surface area contributed by atoms with Gasteiger partial charge in [-0.3, -0.25) is 14.4 Å². The third-order valence-corrected chi connectivity index (χ3v) is 11.2. The number of fused-ring (bicyclic) bond motifs is 5. The molecule has 2 aromatic carbocycles. The summed E-state index contributed by atoms with van der Waals surface area (Å²) in [5, 5.41) is 24.2. The number of carbonyl (C=O) groups excluding carboxylic acids is 3. The predicted octanol–water partition coefficient (Wildman–Crippen LogP) is 6.37. The molecule has 2 unspecified atom stereocenters. The van der Waals surface area contributed by atoms with Crippen LogP contribution in [0.3, 0.4) is 0 Å². The van der Waals surface area contributed by atoms with Gasteiger partial charge in [0.25, 0.3) is 11.5 Å². The number of nitrogens with zero attached hydrogens (tertiary/aromatic N) is 8. The van der Waals surface area contributed by atoms with E-state index in [1.807, 2.05) is 26.8 Å². The summed E-state index contributed by atoms with van der Waals surface area (Å²) in [6.07, 6.45) is -1.32. The molecular formula is C42H46N8O8. The Balaban J connectivity index is 1.34. The van der Waals surface area contributed by atoms with E-state index in [-0.39, 0.29) is 44.3 Å². The minimum absolute atomic E-state index is 0.0193. The highest BCUT2D eigenvalue weighted by Gasteiger charge is 2.44. The second-order valence-electron chi connectivity index (χ2n) is 15.2. The van der Waals surface area contributed by atoms with Crippen molar-refractivity contribution in [3.05, 3.63) is 97.1 Å². The number of rotatable bonds is 14. The lowest BCUT2D eigenvalue weighted by Gasteiger charge is -2.33. The molecule has 0 spiro atoms. The maximum atomic E-state index is 14.0. The molecule has 2 amide bonds. The van der Waals surface area contributed by atoms with Gasteiger partial charge in [0.05, 0.1) is 53.8 Å². The van der Waals surface area contributed by atoms with E-state index in [1.165, 1.54) is 4.90 Å². The van der Waals surface area contributed by atoms with Crippen LogP contribution in [-0.4, -0.2) is 76.6 Å². The van der Waals surface area contributed by atoms with Gasteiger partial charge in [-0.25, -0.2) is 14.7 Å². The molecule has 0 aliphatic carbocycles. The summed E-state index contributed by atoms with van der Waals surface area (Å²) in [4.78, 5) is 64.3. The fourth-order valence-corrected chi connectivity index (χ4v) is 7.52. The van der Waals surface area contributed by atoms with Crippen molar-refractivity contribution in [2.75, 3.05) is 37.9 Å². The molecule has 4 aromatic rings. The van der Waals surface area contributed by atoms with Crippen LogP contribution < -0.4 is 15.2 Å².